The Morgan fingerprint density at radius 3 is 2.51 bits per heavy atom. The Morgan fingerprint density at radius 1 is 1.12 bits per heavy atom. The summed E-state index contributed by atoms with van der Waals surface area (Å²) in [5.74, 6) is 2.97. The van der Waals surface area contributed by atoms with Gasteiger partial charge in [-0.3, -0.25) is 14.3 Å². The van der Waals surface area contributed by atoms with E-state index in [-0.39, 0.29) is 11.4 Å². The summed E-state index contributed by atoms with van der Waals surface area (Å²) in [6.45, 7) is 14.0. The van der Waals surface area contributed by atoms with Crippen LogP contribution in [0.2, 0.25) is 0 Å². The molecule has 4 fully saturated rings. The van der Waals surface area contributed by atoms with Crippen molar-refractivity contribution in [2.45, 2.75) is 78.6 Å². The van der Waals surface area contributed by atoms with Crippen molar-refractivity contribution in [2.24, 2.45) is 33.9 Å². The van der Waals surface area contributed by atoms with E-state index in [1.54, 1.807) is 24.3 Å². The minimum absolute atomic E-state index is 0.167. The number of ether oxygens (including phenoxy) is 1. The summed E-state index contributed by atoms with van der Waals surface area (Å²) in [6, 6.07) is 11.5. The molecule has 8 nitrogen and oxygen atoms in total. The van der Waals surface area contributed by atoms with Gasteiger partial charge in [0.2, 0.25) is 0 Å². The molecule has 3 saturated carbocycles. The number of piperazine rings is 1. The van der Waals surface area contributed by atoms with E-state index < -0.39 is 0 Å². The zero-order chi connectivity index (χ0) is 30.6. The topological polar surface area (TPSA) is 89.0 Å². The van der Waals surface area contributed by atoms with E-state index in [4.69, 9.17) is 15.5 Å². The van der Waals surface area contributed by atoms with Crippen molar-refractivity contribution in [3.63, 3.8) is 0 Å². The SMILES string of the molecule is COc1ccc(CCn2cnc3cc(N=C(N)N4C[C@H](C)N(C5C[C@H]6C[C@@H]([C@@H]5C)C6(C)C)[C@@H](C)C4)ccc3c2=O)c(F)c1. The first-order chi connectivity index (χ1) is 20.5. The van der Waals surface area contributed by atoms with Crippen LogP contribution in [0.5, 0.6) is 5.75 Å². The number of hydrogen-bond acceptors (Lipinski definition) is 5. The van der Waals surface area contributed by atoms with E-state index >= 15 is 0 Å². The van der Waals surface area contributed by atoms with Crippen molar-refractivity contribution in [1.29, 1.82) is 0 Å². The number of fused-ring (bicyclic) bond motifs is 3. The van der Waals surface area contributed by atoms with E-state index in [0.717, 1.165) is 24.9 Å². The van der Waals surface area contributed by atoms with Gasteiger partial charge in [-0.05, 0) is 86.1 Å². The van der Waals surface area contributed by atoms with Crippen molar-refractivity contribution in [3.05, 3.63) is 64.5 Å². The summed E-state index contributed by atoms with van der Waals surface area (Å²) in [4.78, 5) is 27.4. The number of benzene rings is 2. The fourth-order valence-corrected chi connectivity index (χ4v) is 8.37. The molecule has 230 valence electrons. The lowest BCUT2D eigenvalue weighted by Gasteiger charge is -2.65. The van der Waals surface area contributed by atoms with E-state index in [9.17, 15) is 9.18 Å². The highest BCUT2D eigenvalue weighted by molar-refractivity contribution is 5.85. The number of halogens is 1. The Morgan fingerprint density at radius 2 is 1.86 bits per heavy atom. The molecule has 1 aliphatic heterocycles. The first-order valence-electron chi connectivity index (χ1n) is 15.7. The van der Waals surface area contributed by atoms with Crippen molar-refractivity contribution >= 4 is 22.5 Å². The number of aliphatic imine (C=N–C) groups is 1. The molecular formula is C34H45FN6O2. The second-order valence-corrected chi connectivity index (χ2v) is 13.7. The quantitative estimate of drug-likeness (QED) is 0.315. The minimum Gasteiger partial charge on any atom is -0.497 e. The molecule has 0 spiro atoms. The zero-order valence-corrected chi connectivity index (χ0v) is 26.3. The zero-order valence-electron chi connectivity index (χ0n) is 26.3. The Hall–Kier alpha value is -3.46. The predicted octanol–water partition coefficient (Wildman–Crippen LogP) is 5.20. The molecule has 6 atom stereocenters. The van der Waals surface area contributed by atoms with Gasteiger partial charge in [0, 0.05) is 43.8 Å². The number of aryl methyl sites for hydroxylation is 2. The number of nitrogens with two attached hydrogens (primary N) is 1. The van der Waals surface area contributed by atoms with E-state index in [2.05, 4.69) is 49.4 Å². The van der Waals surface area contributed by atoms with Crippen LogP contribution in [0.1, 0.15) is 53.0 Å². The van der Waals surface area contributed by atoms with E-state index in [1.807, 2.05) is 6.07 Å². The number of guanidine groups is 1. The van der Waals surface area contributed by atoms with Crippen LogP contribution in [-0.2, 0) is 13.0 Å². The fourth-order valence-electron chi connectivity index (χ4n) is 8.37. The second kappa shape index (κ2) is 11.2. The van der Waals surface area contributed by atoms with Crippen LogP contribution in [0.25, 0.3) is 10.9 Å². The van der Waals surface area contributed by atoms with Gasteiger partial charge >= 0.3 is 0 Å². The maximum Gasteiger partial charge on any atom is 0.261 e. The number of rotatable bonds is 6. The lowest BCUT2D eigenvalue weighted by Crippen LogP contribution is -2.67. The van der Waals surface area contributed by atoms with Gasteiger partial charge in [0.05, 0.1) is 30.0 Å². The first kappa shape index (κ1) is 29.6. The van der Waals surface area contributed by atoms with Gasteiger partial charge in [0.25, 0.3) is 5.56 Å². The van der Waals surface area contributed by atoms with Gasteiger partial charge in [0.15, 0.2) is 5.96 Å². The molecule has 0 radical (unpaired) electrons. The molecule has 2 N–H and O–H groups in total. The lowest BCUT2D eigenvalue weighted by atomic mass is 9.44. The van der Waals surface area contributed by atoms with Gasteiger partial charge in [-0.1, -0.05) is 26.8 Å². The molecule has 2 aromatic carbocycles. The molecule has 7 rings (SSSR count). The largest absolute Gasteiger partial charge is 0.497 e. The second-order valence-electron chi connectivity index (χ2n) is 13.7. The van der Waals surface area contributed by atoms with Crippen LogP contribution in [0.3, 0.4) is 0 Å². The summed E-state index contributed by atoms with van der Waals surface area (Å²) in [6.07, 6.45) is 4.58. The molecule has 43 heavy (non-hydrogen) atoms. The molecule has 1 unspecified atom stereocenters. The summed E-state index contributed by atoms with van der Waals surface area (Å²) in [5, 5.41) is 0.494. The number of nitrogens with zero attached hydrogens (tertiary/aromatic N) is 5. The maximum atomic E-state index is 14.4. The number of methoxy groups -OCH3 is 1. The predicted molar refractivity (Wildman–Crippen MR) is 169 cm³/mol. The molecule has 4 aliphatic rings. The third kappa shape index (κ3) is 5.30. The molecule has 3 aliphatic carbocycles. The average molecular weight is 589 g/mol. The van der Waals surface area contributed by atoms with Gasteiger partial charge in [-0.15, -0.1) is 0 Å². The highest BCUT2D eigenvalue weighted by Gasteiger charge is 2.58. The van der Waals surface area contributed by atoms with Gasteiger partial charge in [0.1, 0.15) is 11.6 Å². The molecule has 2 bridgehead atoms. The minimum atomic E-state index is -0.351. The normalized spacial score (nSPS) is 29.0. The van der Waals surface area contributed by atoms with Crippen LogP contribution < -0.4 is 16.0 Å². The Bertz CT molecular complexity index is 1590. The standard InChI is InChI=1S/C34H45FN6O2/c1-20-17-40(18-21(2)41(20)31-14-24-13-28(22(31)3)34(24,4)5)33(36)38-25-8-10-27-30(15-25)37-19-39(32(27)42)12-11-23-7-9-26(43-6)16-29(23)35/h7-10,15-16,19-22,24,28,31H,11-14,17-18H2,1-6H3,(H2,36,38)/t20-,21-,22-,24+,28-,31?/m0/s1. The summed E-state index contributed by atoms with van der Waals surface area (Å²) >= 11 is 0. The van der Waals surface area contributed by atoms with Crippen molar-refractivity contribution in [3.8, 4) is 5.75 Å². The van der Waals surface area contributed by atoms with Crippen molar-refractivity contribution in [1.82, 2.24) is 19.4 Å². The molecule has 1 saturated heterocycles. The highest BCUT2D eigenvalue weighted by atomic mass is 19.1. The Kier molecular flexibility index (Phi) is 7.73. The smallest absolute Gasteiger partial charge is 0.261 e. The third-order valence-corrected chi connectivity index (χ3v) is 10.9. The molecular weight excluding hydrogens is 543 g/mol. The third-order valence-electron chi connectivity index (χ3n) is 10.9. The van der Waals surface area contributed by atoms with Crippen LogP contribution in [0.4, 0.5) is 10.1 Å². The Balaban J connectivity index is 1.13. The monoisotopic (exact) mass is 588 g/mol. The summed E-state index contributed by atoms with van der Waals surface area (Å²) < 4.78 is 21.0. The molecule has 0 amide bonds. The summed E-state index contributed by atoms with van der Waals surface area (Å²) in [7, 11) is 1.50. The highest BCUT2D eigenvalue weighted by Crippen LogP contribution is 2.62. The van der Waals surface area contributed by atoms with Crippen LogP contribution in [-0.4, -0.2) is 63.6 Å². The maximum absolute atomic E-state index is 14.4. The lowest BCUT2D eigenvalue weighted by molar-refractivity contribution is -0.155. The molecule has 9 heteroatoms. The Labute approximate surface area is 253 Å². The van der Waals surface area contributed by atoms with E-state index in [0.29, 0.717) is 76.3 Å². The van der Waals surface area contributed by atoms with E-state index in [1.165, 1.54) is 36.9 Å². The van der Waals surface area contributed by atoms with Crippen LogP contribution in [0.15, 0.2) is 52.5 Å². The van der Waals surface area contributed by atoms with Crippen molar-refractivity contribution in [2.75, 3.05) is 20.2 Å². The molecule has 3 aromatic rings. The molecule has 1 aromatic heterocycles. The summed E-state index contributed by atoms with van der Waals surface area (Å²) in [5.41, 5.74) is 8.64. The number of aromatic nitrogens is 2. The average Bonchev–Trinajstić information content (AvgIpc) is 2.97. The van der Waals surface area contributed by atoms with Gasteiger partial charge < -0.3 is 15.4 Å². The fraction of sp³-hybridized carbons (Fsp3) is 0.559. The van der Waals surface area contributed by atoms with Gasteiger partial charge in [-0.25, -0.2) is 14.4 Å². The van der Waals surface area contributed by atoms with Gasteiger partial charge in [-0.2, -0.15) is 0 Å². The van der Waals surface area contributed by atoms with Crippen molar-refractivity contribution < 1.29 is 9.13 Å². The van der Waals surface area contributed by atoms with Crippen LogP contribution in [0, 0.1) is 29.0 Å². The molecule has 2 heterocycles. The van der Waals surface area contributed by atoms with Crippen LogP contribution >= 0.6 is 0 Å². The number of hydrogen-bond donors (Lipinski definition) is 1. The first-order valence-corrected chi connectivity index (χ1v) is 15.7.